The minimum Gasteiger partial charge on any atom is -0.468 e. The van der Waals surface area contributed by atoms with Crippen molar-refractivity contribution in [3.63, 3.8) is 0 Å². The quantitative estimate of drug-likeness (QED) is 0.597. The van der Waals surface area contributed by atoms with E-state index in [9.17, 15) is 4.79 Å². The molecule has 0 aliphatic heterocycles. The van der Waals surface area contributed by atoms with Crippen LogP contribution in [0.3, 0.4) is 0 Å². The molecule has 0 heterocycles. The van der Waals surface area contributed by atoms with E-state index in [0.717, 1.165) is 0 Å². The number of carbonyl (C=O) groups excluding carboxylic acids is 1. The van der Waals surface area contributed by atoms with E-state index in [-0.39, 0.29) is 12.5 Å². The van der Waals surface area contributed by atoms with Crippen molar-refractivity contribution in [1.82, 2.24) is 4.90 Å². The molecule has 0 fully saturated rings. The third-order valence-corrected chi connectivity index (χ3v) is 1.19. The normalized spacial score (nSPS) is 9.82. The molecule has 11 heavy (non-hydrogen) atoms. The lowest BCUT2D eigenvalue weighted by atomic mass is 10.5. The fourth-order valence-corrected chi connectivity index (χ4v) is 0.838. The van der Waals surface area contributed by atoms with Crippen LogP contribution in [0, 0.1) is 0 Å². The second kappa shape index (κ2) is 5.16. The number of methoxy groups -OCH3 is 1. The van der Waals surface area contributed by atoms with Crippen LogP contribution in [0.5, 0.6) is 0 Å². The Morgan fingerprint density at radius 1 is 1.64 bits per heavy atom. The summed E-state index contributed by atoms with van der Waals surface area (Å²) in [7, 11) is 3.12. The highest BCUT2D eigenvalue weighted by atomic mass is 35.5. The molecular formula is C7H12ClNO2. The smallest absolute Gasteiger partial charge is 0.319 e. The van der Waals surface area contributed by atoms with Gasteiger partial charge in [-0.3, -0.25) is 9.69 Å². The Labute approximate surface area is 71.6 Å². The summed E-state index contributed by atoms with van der Waals surface area (Å²) in [5.74, 6) is -0.273. The summed E-state index contributed by atoms with van der Waals surface area (Å²) >= 11 is 5.51. The Morgan fingerprint density at radius 3 is 2.55 bits per heavy atom. The van der Waals surface area contributed by atoms with E-state index < -0.39 is 0 Å². The predicted molar refractivity (Wildman–Crippen MR) is 44.5 cm³/mol. The van der Waals surface area contributed by atoms with Crippen LogP contribution in [0.1, 0.15) is 0 Å². The Balaban J connectivity index is 3.60. The van der Waals surface area contributed by atoms with Crippen molar-refractivity contribution in [3.05, 3.63) is 11.6 Å². The molecule has 0 rings (SSSR count). The van der Waals surface area contributed by atoms with Gasteiger partial charge in [-0.25, -0.2) is 0 Å². The molecule has 0 aromatic carbocycles. The van der Waals surface area contributed by atoms with Crippen LogP contribution in [0.4, 0.5) is 0 Å². The second-order valence-corrected chi connectivity index (χ2v) is 2.80. The molecule has 0 aliphatic carbocycles. The largest absolute Gasteiger partial charge is 0.468 e. The molecule has 0 aromatic heterocycles. The zero-order valence-electron chi connectivity index (χ0n) is 6.76. The van der Waals surface area contributed by atoms with Crippen LogP contribution in [0.15, 0.2) is 11.6 Å². The van der Waals surface area contributed by atoms with Gasteiger partial charge >= 0.3 is 5.97 Å². The van der Waals surface area contributed by atoms with E-state index in [1.165, 1.54) is 7.11 Å². The molecule has 4 heteroatoms. The minimum absolute atomic E-state index is 0.238. The monoisotopic (exact) mass is 177 g/mol. The molecule has 0 atom stereocenters. The van der Waals surface area contributed by atoms with Gasteiger partial charge in [0.05, 0.1) is 13.7 Å². The number of hydrogen-bond acceptors (Lipinski definition) is 3. The van der Waals surface area contributed by atoms with Crippen LogP contribution in [-0.4, -0.2) is 38.1 Å². The standard InChI is InChI=1S/C7H12ClNO2/c1-6(8)4-9(2)5-7(10)11-3/h1,4-5H2,2-3H3. The Hall–Kier alpha value is -0.540. The van der Waals surface area contributed by atoms with Gasteiger partial charge in [-0.2, -0.15) is 0 Å². The van der Waals surface area contributed by atoms with E-state index in [2.05, 4.69) is 11.3 Å². The van der Waals surface area contributed by atoms with Crippen molar-refractivity contribution >= 4 is 17.6 Å². The fraction of sp³-hybridized carbons (Fsp3) is 0.571. The minimum atomic E-state index is -0.273. The summed E-state index contributed by atoms with van der Waals surface area (Å²) in [4.78, 5) is 12.4. The number of halogens is 1. The van der Waals surface area contributed by atoms with E-state index >= 15 is 0 Å². The summed E-state index contributed by atoms with van der Waals surface area (Å²) in [6.45, 7) is 4.23. The second-order valence-electron chi connectivity index (χ2n) is 2.27. The summed E-state index contributed by atoms with van der Waals surface area (Å²) < 4.78 is 4.45. The van der Waals surface area contributed by atoms with E-state index in [1.54, 1.807) is 11.9 Å². The van der Waals surface area contributed by atoms with E-state index in [1.807, 2.05) is 0 Å². The maximum Gasteiger partial charge on any atom is 0.319 e. The average molecular weight is 178 g/mol. The van der Waals surface area contributed by atoms with Crippen molar-refractivity contribution < 1.29 is 9.53 Å². The molecule has 0 radical (unpaired) electrons. The van der Waals surface area contributed by atoms with Crippen molar-refractivity contribution in [3.8, 4) is 0 Å². The summed E-state index contributed by atoms with van der Waals surface area (Å²) in [6, 6.07) is 0. The lowest BCUT2D eigenvalue weighted by Gasteiger charge is -2.13. The molecule has 0 aliphatic rings. The number of ether oxygens (including phenoxy) is 1. The Morgan fingerprint density at radius 2 is 2.18 bits per heavy atom. The van der Waals surface area contributed by atoms with Crippen LogP contribution in [0.25, 0.3) is 0 Å². The van der Waals surface area contributed by atoms with Gasteiger partial charge in [0.1, 0.15) is 0 Å². The lowest BCUT2D eigenvalue weighted by Crippen LogP contribution is -2.27. The molecule has 0 saturated carbocycles. The average Bonchev–Trinajstić information content (AvgIpc) is 1.85. The molecule has 3 nitrogen and oxygen atoms in total. The highest BCUT2D eigenvalue weighted by Crippen LogP contribution is 1.98. The molecule has 0 spiro atoms. The number of esters is 1. The lowest BCUT2D eigenvalue weighted by molar-refractivity contribution is -0.141. The zero-order valence-corrected chi connectivity index (χ0v) is 7.52. The van der Waals surface area contributed by atoms with Gasteiger partial charge < -0.3 is 4.74 Å². The maximum atomic E-state index is 10.7. The molecule has 0 unspecified atom stereocenters. The van der Waals surface area contributed by atoms with Gasteiger partial charge in [0.15, 0.2) is 0 Å². The first-order valence-corrected chi connectivity index (χ1v) is 3.52. The first-order valence-electron chi connectivity index (χ1n) is 3.15. The molecular weight excluding hydrogens is 166 g/mol. The first-order chi connectivity index (χ1) is 5.06. The van der Waals surface area contributed by atoms with Gasteiger partial charge in [-0.1, -0.05) is 18.2 Å². The molecule has 0 saturated heterocycles. The number of rotatable bonds is 4. The zero-order chi connectivity index (χ0) is 8.85. The Bertz CT molecular complexity index is 159. The van der Waals surface area contributed by atoms with Crippen molar-refractivity contribution in [1.29, 1.82) is 0 Å². The number of likely N-dealkylation sites (N-methyl/N-ethyl adjacent to an activating group) is 1. The van der Waals surface area contributed by atoms with Gasteiger partial charge in [0.25, 0.3) is 0 Å². The van der Waals surface area contributed by atoms with Gasteiger partial charge in [-0.05, 0) is 7.05 Å². The van der Waals surface area contributed by atoms with Crippen molar-refractivity contribution in [2.45, 2.75) is 0 Å². The van der Waals surface area contributed by atoms with E-state index in [0.29, 0.717) is 11.6 Å². The third kappa shape index (κ3) is 5.88. The molecule has 0 aromatic rings. The van der Waals surface area contributed by atoms with Gasteiger partial charge in [-0.15, -0.1) is 0 Å². The highest BCUT2D eigenvalue weighted by molar-refractivity contribution is 6.29. The summed E-state index contributed by atoms with van der Waals surface area (Å²) in [6.07, 6.45) is 0. The summed E-state index contributed by atoms with van der Waals surface area (Å²) in [5.41, 5.74) is 0. The number of hydrogen-bond donors (Lipinski definition) is 0. The first kappa shape index (κ1) is 10.5. The van der Waals surface area contributed by atoms with Crippen LogP contribution in [0.2, 0.25) is 0 Å². The highest BCUT2D eigenvalue weighted by Gasteiger charge is 2.05. The fourth-order valence-electron chi connectivity index (χ4n) is 0.634. The van der Waals surface area contributed by atoms with E-state index in [4.69, 9.17) is 11.6 Å². The van der Waals surface area contributed by atoms with Crippen LogP contribution >= 0.6 is 11.6 Å². The number of nitrogens with zero attached hydrogens (tertiary/aromatic N) is 1. The third-order valence-electron chi connectivity index (χ3n) is 1.07. The van der Waals surface area contributed by atoms with Gasteiger partial charge in [0.2, 0.25) is 0 Å². The van der Waals surface area contributed by atoms with Crippen molar-refractivity contribution in [2.24, 2.45) is 0 Å². The molecule has 0 amide bonds. The van der Waals surface area contributed by atoms with Crippen LogP contribution < -0.4 is 0 Å². The Kier molecular flexibility index (Phi) is 4.90. The number of carbonyl (C=O) groups is 1. The van der Waals surface area contributed by atoms with Crippen molar-refractivity contribution in [2.75, 3.05) is 27.2 Å². The SMILES string of the molecule is C=C(Cl)CN(C)CC(=O)OC. The molecule has 0 bridgehead atoms. The summed E-state index contributed by atoms with van der Waals surface area (Å²) in [5, 5.41) is 0.511. The van der Waals surface area contributed by atoms with Gasteiger partial charge in [0, 0.05) is 11.6 Å². The topological polar surface area (TPSA) is 29.5 Å². The predicted octanol–water partition coefficient (Wildman–Crippen LogP) is 0.844. The van der Waals surface area contributed by atoms with Crippen LogP contribution in [-0.2, 0) is 9.53 Å². The molecule has 64 valence electrons. The molecule has 0 N–H and O–H groups in total. The maximum absolute atomic E-state index is 10.7.